The lowest BCUT2D eigenvalue weighted by Gasteiger charge is -2.18. The number of hydrogen-bond donors (Lipinski definition) is 0. The van der Waals surface area contributed by atoms with E-state index in [0.29, 0.717) is 38.9 Å². The van der Waals surface area contributed by atoms with Crippen LogP contribution in [0.25, 0.3) is 0 Å². The van der Waals surface area contributed by atoms with E-state index in [2.05, 4.69) is 37.5 Å². The lowest BCUT2D eigenvalue weighted by molar-refractivity contribution is -0.163. The van der Waals surface area contributed by atoms with Gasteiger partial charge in [0.2, 0.25) is 0 Å². The van der Waals surface area contributed by atoms with Crippen molar-refractivity contribution in [2.24, 2.45) is 0 Å². The van der Waals surface area contributed by atoms with Crippen LogP contribution in [0.3, 0.4) is 0 Å². The summed E-state index contributed by atoms with van der Waals surface area (Å²) in [5, 5.41) is 0. The third kappa shape index (κ3) is 58.7. The predicted octanol–water partition coefficient (Wildman–Crippen LogP) is 23.5. The van der Waals surface area contributed by atoms with Crippen molar-refractivity contribution in [3.05, 3.63) is 59.7 Å². The zero-order chi connectivity index (χ0) is 70.3. The first kappa shape index (κ1) is 89.0. The number of methoxy groups -OCH3 is 2. The molecule has 2 aromatic rings. The number of carbonyl (C=O) groups is 4. The molecule has 0 heterocycles. The smallest absolute Gasteiger partial charge is 0.306 e. The minimum Gasteiger partial charge on any atom is -0.497 e. The zero-order valence-corrected chi connectivity index (χ0v) is 63.1. The Kier molecular flexibility index (Phi) is 62.8. The average molecular weight is 1370 g/mol. The molecule has 558 valence electrons. The number of carbonyl (C=O) groups excluding carboxylic acids is 4. The van der Waals surface area contributed by atoms with E-state index in [1.807, 2.05) is 48.5 Å². The molecule has 2 aromatic carbocycles. The van der Waals surface area contributed by atoms with Crippen molar-refractivity contribution >= 4 is 23.9 Å². The van der Waals surface area contributed by atoms with E-state index < -0.39 is 12.2 Å². The van der Waals surface area contributed by atoms with Gasteiger partial charge < -0.3 is 37.9 Å². The van der Waals surface area contributed by atoms with E-state index in [-0.39, 0.29) is 50.3 Å². The molecule has 0 saturated heterocycles. The average Bonchev–Trinajstić information content (AvgIpc) is 1.60. The Hall–Kier alpha value is -5.04. The normalized spacial score (nSPS) is 11.7. The second-order valence-corrected chi connectivity index (χ2v) is 27.7. The first-order valence-corrected chi connectivity index (χ1v) is 40.3. The van der Waals surface area contributed by atoms with Gasteiger partial charge in [-0.05, 0) is 85.8 Å². The van der Waals surface area contributed by atoms with Crippen LogP contribution in [0.4, 0.5) is 0 Å². The summed E-state index contributed by atoms with van der Waals surface area (Å²) in [7, 11) is 3.28. The second-order valence-electron chi connectivity index (χ2n) is 27.7. The van der Waals surface area contributed by atoms with Gasteiger partial charge in [-0.25, -0.2) is 0 Å². The van der Waals surface area contributed by atoms with E-state index in [1.165, 1.54) is 218 Å². The highest BCUT2D eigenvalue weighted by Crippen LogP contribution is 2.20. The predicted molar refractivity (Wildman–Crippen MR) is 403 cm³/mol. The number of unbranched alkanes of at least 4 members (excludes halogenated alkanes) is 46. The Morgan fingerprint density at radius 3 is 0.786 bits per heavy atom. The highest BCUT2D eigenvalue weighted by molar-refractivity contribution is 5.71. The fourth-order valence-corrected chi connectivity index (χ4v) is 12.2. The Bertz CT molecular complexity index is 2120. The molecule has 0 saturated carbocycles. The van der Waals surface area contributed by atoms with E-state index in [9.17, 15) is 19.2 Å². The lowest BCUT2D eigenvalue weighted by atomic mass is 10.0. The lowest BCUT2D eigenvalue weighted by Crippen LogP contribution is -2.29. The molecule has 0 unspecified atom stereocenters. The molecule has 0 radical (unpaired) electrons. The van der Waals surface area contributed by atoms with Gasteiger partial charge in [0.1, 0.15) is 24.7 Å². The van der Waals surface area contributed by atoms with Gasteiger partial charge in [-0.3, -0.25) is 19.2 Å². The van der Waals surface area contributed by atoms with Crippen LogP contribution >= 0.6 is 0 Å². The van der Waals surface area contributed by atoms with E-state index in [4.69, 9.17) is 37.9 Å². The van der Waals surface area contributed by atoms with Gasteiger partial charge in [-0.1, -0.05) is 320 Å². The summed E-state index contributed by atoms with van der Waals surface area (Å²) in [5.74, 6) is 13.2. The van der Waals surface area contributed by atoms with Crippen LogP contribution in [-0.4, -0.2) is 76.7 Å². The molecule has 0 aliphatic heterocycles. The summed E-state index contributed by atoms with van der Waals surface area (Å²) in [6.45, 7) is 5.58. The van der Waals surface area contributed by atoms with Crippen LogP contribution < -0.4 is 9.47 Å². The van der Waals surface area contributed by atoms with Gasteiger partial charge in [0.25, 0.3) is 0 Å². The van der Waals surface area contributed by atoms with Gasteiger partial charge in [0.15, 0.2) is 12.2 Å². The monoisotopic (exact) mass is 1370 g/mol. The molecule has 0 bridgehead atoms. The molecule has 2 rings (SSSR count). The Morgan fingerprint density at radius 2 is 0.531 bits per heavy atom. The molecule has 0 N–H and O–H groups in total. The number of rotatable bonds is 70. The van der Waals surface area contributed by atoms with Crippen LogP contribution in [0.1, 0.15) is 372 Å². The highest BCUT2D eigenvalue weighted by Gasteiger charge is 2.20. The van der Waals surface area contributed by atoms with Crippen LogP contribution in [0.5, 0.6) is 11.5 Å². The zero-order valence-electron chi connectivity index (χ0n) is 63.1. The van der Waals surface area contributed by atoms with Crippen LogP contribution in [0.2, 0.25) is 0 Å². The highest BCUT2D eigenvalue weighted by atomic mass is 16.6. The molecular weight excluding hydrogens is 1220 g/mol. The summed E-state index contributed by atoms with van der Waals surface area (Å²) < 4.78 is 45.2. The number of benzene rings is 2. The number of esters is 4. The summed E-state index contributed by atoms with van der Waals surface area (Å²) >= 11 is 0. The molecule has 12 heteroatoms. The third-order valence-electron chi connectivity index (χ3n) is 18.5. The quantitative estimate of drug-likeness (QED) is 0.0269. The Labute approximate surface area is 599 Å². The molecule has 0 fully saturated rings. The molecule has 98 heavy (non-hydrogen) atoms. The van der Waals surface area contributed by atoms with Crippen molar-refractivity contribution in [2.75, 3.05) is 40.6 Å². The first-order valence-electron chi connectivity index (χ1n) is 40.3. The fourth-order valence-electron chi connectivity index (χ4n) is 12.2. The maximum atomic E-state index is 12.9. The third-order valence-corrected chi connectivity index (χ3v) is 18.5. The molecule has 0 amide bonds. The minimum absolute atomic E-state index is 0.00825. The van der Waals surface area contributed by atoms with Crippen LogP contribution in [0.15, 0.2) is 48.5 Å². The SMILES string of the molecule is CCCCCCCCCCCCCCCC(=O)OC[C@H](COCc1ccc(OC)cc1)OC(=O)CCCCCCCCCCCCCC#CC#CCCCCCCCCCCCCCC(=O)O[C@@H](COCc1ccc(OC)cc1)COC(=O)CCCCCCCCCCCCCCC. The van der Waals surface area contributed by atoms with Gasteiger partial charge in [0, 0.05) is 38.5 Å². The van der Waals surface area contributed by atoms with E-state index in [0.717, 1.165) is 125 Å². The van der Waals surface area contributed by atoms with Gasteiger partial charge in [-0.15, -0.1) is 0 Å². The number of ether oxygens (including phenoxy) is 8. The first-order chi connectivity index (χ1) is 48.3. The maximum absolute atomic E-state index is 12.9. The Morgan fingerprint density at radius 1 is 0.296 bits per heavy atom. The molecule has 0 aliphatic rings. The molecule has 0 spiro atoms. The fraction of sp³-hybridized carbons (Fsp3) is 0.767. The van der Waals surface area contributed by atoms with Gasteiger partial charge in [0.05, 0.1) is 40.6 Å². The van der Waals surface area contributed by atoms with Gasteiger partial charge in [-0.2, -0.15) is 0 Å². The van der Waals surface area contributed by atoms with E-state index in [1.54, 1.807) is 14.2 Å². The minimum atomic E-state index is -0.641. The van der Waals surface area contributed by atoms with Crippen molar-refractivity contribution in [1.82, 2.24) is 0 Å². The van der Waals surface area contributed by atoms with Crippen LogP contribution in [0, 0.1) is 23.7 Å². The summed E-state index contributed by atoms with van der Waals surface area (Å²) in [6, 6.07) is 15.3. The summed E-state index contributed by atoms with van der Waals surface area (Å²) in [4.78, 5) is 51.1. The summed E-state index contributed by atoms with van der Waals surface area (Å²) in [6.07, 6.45) is 60.3. The van der Waals surface area contributed by atoms with Crippen molar-refractivity contribution < 1.29 is 57.1 Å². The van der Waals surface area contributed by atoms with Crippen LogP contribution in [-0.2, 0) is 60.8 Å². The standard InChI is InChI=1S/C86H142O12/c1-5-7-9-11-13-15-17-35-39-43-47-51-55-59-83(87)95-75-81(73-93-71-77-63-67-79(91-3)68-64-77)97-85(89)61-57-53-49-45-41-37-33-31-29-27-25-23-21-19-20-22-24-26-28-30-32-34-38-42-46-50-54-58-62-86(90)98-82(74-94-72-78-65-69-80(92-4)70-66-78)76-96-84(88)60-56-52-48-44-40-36-18-16-14-12-10-8-6-2/h63-70,81-82H,5-18,23-62,71-76H2,1-4H3/t81-,82-/m0/s1. The summed E-state index contributed by atoms with van der Waals surface area (Å²) in [5.41, 5.74) is 1.97. The van der Waals surface area contributed by atoms with Crippen molar-refractivity contribution in [1.29, 1.82) is 0 Å². The van der Waals surface area contributed by atoms with Crippen molar-refractivity contribution in [3.63, 3.8) is 0 Å². The van der Waals surface area contributed by atoms with Crippen molar-refractivity contribution in [3.8, 4) is 35.2 Å². The number of hydrogen-bond acceptors (Lipinski definition) is 12. The van der Waals surface area contributed by atoms with Crippen molar-refractivity contribution in [2.45, 2.75) is 386 Å². The molecule has 12 nitrogen and oxygen atoms in total. The Balaban J connectivity index is 1.44. The second kappa shape index (κ2) is 69.1. The maximum Gasteiger partial charge on any atom is 0.306 e. The molecule has 0 aliphatic carbocycles. The topological polar surface area (TPSA) is 142 Å². The largest absolute Gasteiger partial charge is 0.497 e. The molecule has 0 aromatic heterocycles. The molecular formula is C86H142O12. The van der Waals surface area contributed by atoms with E-state index >= 15 is 0 Å². The van der Waals surface area contributed by atoms with Gasteiger partial charge >= 0.3 is 23.9 Å². The molecule has 2 atom stereocenters.